The van der Waals surface area contributed by atoms with Gasteiger partial charge in [-0.1, -0.05) is 6.58 Å². The summed E-state index contributed by atoms with van der Waals surface area (Å²) in [6, 6.07) is 3.02. The number of nitrogens with two attached hydrogens (primary N) is 1. The van der Waals surface area contributed by atoms with Crippen LogP contribution < -0.4 is 11.1 Å². The molecule has 0 saturated carbocycles. The van der Waals surface area contributed by atoms with Crippen molar-refractivity contribution in [1.29, 1.82) is 0 Å². The normalized spacial score (nSPS) is 9.73. The fraction of sp³-hybridized carbons (Fsp3) is 0.182. The summed E-state index contributed by atoms with van der Waals surface area (Å²) in [7, 11) is 0. The lowest BCUT2D eigenvalue weighted by Gasteiger charge is -2.10. The van der Waals surface area contributed by atoms with E-state index in [-0.39, 0.29) is 11.7 Å². The molecule has 4 N–H and O–H groups in total. The predicted octanol–water partition coefficient (Wildman–Crippen LogP) is 1.80. The highest BCUT2D eigenvalue weighted by Gasteiger charge is 2.07. The Morgan fingerprint density at radius 3 is 2.67 bits per heavy atom. The van der Waals surface area contributed by atoms with E-state index in [1.165, 1.54) is 6.07 Å². The number of phenolic OH excluding ortho intramolecular Hbond substituents is 1. The molecule has 0 fully saturated rings. The molecule has 4 heteroatoms. The van der Waals surface area contributed by atoms with Gasteiger partial charge in [-0.25, -0.2) is 0 Å². The SMILES string of the molecule is C=C(C)C(=O)Nc1cc(O)c(N)cc1C. The highest BCUT2D eigenvalue weighted by molar-refractivity contribution is 6.03. The van der Waals surface area contributed by atoms with Crippen LogP contribution in [0.25, 0.3) is 0 Å². The first-order chi connectivity index (χ1) is 6.91. The second-order valence-electron chi connectivity index (χ2n) is 3.46. The largest absolute Gasteiger partial charge is 0.506 e. The molecule has 0 aliphatic carbocycles. The van der Waals surface area contributed by atoms with E-state index in [0.717, 1.165) is 5.56 Å². The van der Waals surface area contributed by atoms with Crippen LogP contribution in [0.5, 0.6) is 5.75 Å². The highest BCUT2D eigenvalue weighted by Crippen LogP contribution is 2.27. The van der Waals surface area contributed by atoms with Crippen molar-refractivity contribution in [3.8, 4) is 5.75 Å². The molecule has 1 rings (SSSR count). The average Bonchev–Trinajstić information content (AvgIpc) is 2.13. The smallest absolute Gasteiger partial charge is 0.250 e. The lowest BCUT2D eigenvalue weighted by molar-refractivity contribution is -0.112. The van der Waals surface area contributed by atoms with Crippen LogP contribution in [0, 0.1) is 6.92 Å². The number of hydrogen-bond donors (Lipinski definition) is 3. The van der Waals surface area contributed by atoms with Crippen LogP contribution in [-0.4, -0.2) is 11.0 Å². The molecule has 0 aromatic heterocycles. The van der Waals surface area contributed by atoms with E-state index in [1.54, 1.807) is 19.9 Å². The number of hydrogen-bond acceptors (Lipinski definition) is 3. The second-order valence-corrected chi connectivity index (χ2v) is 3.46. The number of phenols is 1. The van der Waals surface area contributed by atoms with Crippen LogP contribution in [-0.2, 0) is 4.79 Å². The molecule has 0 spiro atoms. The van der Waals surface area contributed by atoms with Gasteiger partial charge in [0.15, 0.2) is 0 Å². The highest BCUT2D eigenvalue weighted by atomic mass is 16.3. The fourth-order valence-electron chi connectivity index (χ4n) is 1.08. The van der Waals surface area contributed by atoms with E-state index >= 15 is 0 Å². The number of nitrogen functional groups attached to an aromatic ring is 1. The summed E-state index contributed by atoms with van der Waals surface area (Å²) >= 11 is 0. The molecule has 1 aromatic carbocycles. The zero-order chi connectivity index (χ0) is 11.6. The Labute approximate surface area is 88.4 Å². The number of amides is 1. The molecule has 0 atom stereocenters. The predicted molar refractivity (Wildman–Crippen MR) is 60.7 cm³/mol. The minimum atomic E-state index is -0.276. The Balaban J connectivity index is 3.01. The van der Waals surface area contributed by atoms with Gasteiger partial charge in [0.2, 0.25) is 0 Å². The minimum absolute atomic E-state index is 0.0439. The number of aryl methyl sites for hydroxylation is 1. The molecule has 1 aromatic rings. The van der Waals surface area contributed by atoms with Gasteiger partial charge in [-0.3, -0.25) is 4.79 Å². The lowest BCUT2D eigenvalue weighted by atomic mass is 10.1. The molecule has 4 nitrogen and oxygen atoms in total. The summed E-state index contributed by atoms with van der Waals surface area (Å²) in [5.41, 5.74) is 7.53. The molecule has 80 valence electrons. The number of benzene rings is 1. The molecule has 0 bridgehead atoms. The molecule has 0 unspecified atom stereocenters. The minimum Gasteiger partial charge on any atom is -0.506 e. The summed E-state index contributed by atoms with van der Waals surface area (Å²) in [6.45, 7) is 6.93. The van der Waals surface area contributed by atoms with Gasteiger partial charge >= 0.3 is 0 Å². The summed E-state index contributed by atoms with van der Waals surface area (Å²) in [5, 5.41) is 12.0. The molecule has 0 heterocycles. The maximum Gasteiger partial charge on any atom is 0.250 e. The van der Waals surface area contributed by atoms with Crippen molar-refractivity contribution >= 4 is 17.3 Å². The molecule has 0 aliphatic heterocycles. The molecule has 0 aliphatic rings. The van der Waals surface area contributed by atoms with Gasteiger partial charge in [-0.05, 0) is 25.5 Å². The zero-order valence-corrected chi connectivity index (χ0v) is 8.79. The Morgan fingerprint density at radius 2 is 2.13 bits per heavy atom. The third-order valence-electron chi connectivity index (χ3n) is 2.01. The van der Waals surface area contributed by atoms with Crippen LogP contribution in [0.15, 0.2) is 24.3 Å². The van der Waals surface area contributed by atoms with E-state index in [9.17, 15) is 9.90 Å². The van der Waals surface area contributed by atoms with Gasteiger partial charge in [-0.2, -0.15) is 0 Å². The number of anilines is 2. The molecule has 15 heavy (non-hydrogen) atoms. The van der Waals surface area contributed by atoms with Gasteiger partial charge in [0, 0.05) is 17.3 Å². The van der Waals surface area contributed by atoms with Gasteiger partial charge in [0.05, 0.1) is 5.69 Å². The fourth-order valence-corrected chi connectivity index (χ4v) is 1.08. The van der Waals surface area contributed by atoms with Crippen molar-refractivity contribution in [3.05, 3.63) is 29.8 Å². The summed E-state index contributed by atoms with van der Waals surface area (Å²) in [6.07, 6.45) is 0. The Kier molecular flexibility index (Phi) is 2.99. The van der Waals surface area contributed by atoms with Crippen LogP contribution in [0.2, 0.25) is 0 Å². The first kappa shape index (κ1) is 11.1. The van der Waals surface area contributed by atoms with Gasteiger partial charge < -0.3 is 16.2 Å². The van der Waals surface area contributed by atoms with Crippen LogP contribution >= 0.6 is 0 Å². The van der Waals surface area contributed by atoms with Crippen LogP contribution in [0.4, 0.5) is 11.4 Å². The molecule has 1 amide bonds. The van der Waals surface area contributed by atoms with E-state index in [4.69, 9.17) is 5.73 Å². The molecule has 0 saturated heterocycles. The zero-order valence-electron chi connectivity index (χ0n) is 8.79. The van der Waals surface area contributed by atoms with Gasteiger partial charge in [-0.15, -0.1) is 0 Å². The van der Waals surface area contributed by atoms with Crippen molar-refractivity contribution in [3.63, 3.8) is 0 Å². The third kappa shape index (κ3) is 2.49. The first-order valence-electron chi connectivity index (χ1n) is 4.47. The van der Waals surface area contributed by atoms with Crippen molar-refractivity contribution in [2.75, 3.05) is 11.1 Å². The second kappa shape index (κ2) is 4.04. The number of carbonyl (C=O) groups excluding carboxylic acids is 1. The third-order valence-corrected chi connectivity index (χ3v) is 2.01. The first-order valence-corrected chi connectivity index (χ1v) is 4.47. The summed E-state index contributed by atoms with van der Waals surface area (Å²) in [5.74, 6) is -0.320. The Morgan fingerprint density at radius 1 is 1.53 bits per heavy atom. The number of carbonyl (C=O) groups is 1. The number of nitrogens with one attached hydrogen (secondary N) is 1. The van der Waals surface area contributed by atoms with E-state index in [2.05, 4.69) is 11.9 Å². The molecular weight excluding hydrogens is 192 g/mol. The van der Waals surface area contributed by atoms with Crippen molar-refractivity contribution < 1.29 is 9.90 Å². The average molecular weight is 206 g/mol. The quantitative estimate of drug-likeness (QED) is 0.392. The lowest BCUT2D eigenvalue weighted by Crippen LogP contribution is -2.12. The van der Waals surface area contributed by atoms with E-state index < -0.39 is 0 Å². The molecular formula is C11H14N2O2. The maximum absolute atomic E-state index is 11.3. The Hall–Kier alpha value is -1.97. The van der Waals surface area contributed by atoms with E-state index in [1.807, 2.05) is 0 Å². The summed E-state index contributed by atoms with van der Waals surface area (Å²) < 4.78 is 0. The van der Waals surface area contributed by atoms with Crippen molar-refractivity contribution in [1.82, 2.24) is 0 Å². The van der Waals surface area contributed by atoms with Crippen molar-refractivity contribution in [2.24, 2.45) is 0 Å². The monoisotopic (exact) mass is 206 g/mol. The van der Waals surface area contributed by atoms with Crippen LogP contribution in [0.1, 0.15) is 12.5 Å². The number of aromatic hydroxyl groups is 1. The number of rotatable bonds is 2. The summed E-state index contributed by atoms with van der Waals surface area (Å²) in [4.78, 5) is 11.3. The van der Waals surface area contributed by atoms with Crippen LogP contribution in [0.3, 0.4) is 0 Å². The topological polar surface area (TPSA) is 75.3 Å². The van der Waals surface area contributed by atoms with E-state index in [0.29, 0.717) is 16.9 Å². The molecule has 0 radical (unpaired) electrons. The van der Waals surface area contributed by atoms with Gasteiger partial charge in [0.25, 0.3) is 5.91 Å². The van der Waals surface area contributed by atoms with Crippen molar-refractivity contribution in [2.45, 2.75) is 13.8 Å². The Bertz CT molecular complexity index is 425. The maximum atomic E-state index is 11.3. The standard InChI is InChI=1S/C11H14N2O2/c1-6(2)11(15)13-9-5-10(14)8(12)4-7(9)3/h4-5,14H,1,12H2,2-3H3,(H,13,15). The van der Waals surface area contributed by atoms with Gasteiger partial charge in [0.1, 0.15) is 5.75 Å².